The zero-order valence-electron chi connectivity index (χ0n) is 12.2. The standard InChI is InChI=1S/3C5H8O/c3*1-5(2)3-4-6/h3*3-4H,1-2H3. The second-order valence-corrected chi connectivity index (χ2v) is 4.14. The molecule has 0 heterocycles. The fourth-order valence-corrected chi connectivity index (χ4v) is 0.408. The normalized spacial score (nSPS) is 7.00. The van der Waals surface area contributed by atoms with E-state index in [0.717, 1.165) is 35.6 Å². The number of hydrogen-bond acceptors (Lipinski definition) is 3. The molecule has 18 heavy (non-hydrogen) atoms. The van der Waals surface area contributed by atoms with E-state index >= 15 is 0 Å². The molecular formula is C15H24O3. The predicted molar refractivity (Wildman–Crippen MR) is 76.5 cm³/mol. The minimum Gasteiger partial charge on any atom is -0.299 e. The Morgan fingerprint density at radius 3 is 0.667 bits per heavy atom. The van der Waals surface area contributed by atoms with Gasteiger partial charge in [-0.1, -0.05) is 16.7 Å². The predicted octanol–water partition coefficient (Wildman–Crippen LogP) is 3.45. The van der Waals surface area contributed by atoms with Gasteiger partial charge in [-0.15, -0.1) is 0 Å². The van der Waals surface area contributed by atoms with Gasteiger partial charge in [-0.25, -0.2) is 0 Å². The Labute approximate surface area is 110 Å². The molecule has 0 aromatic carbocycles. The molecule has 0 bridgehead atoms. The van der Waals surface area contributed by atoms with Crippen molar-refractivity contribution in [2.75, 3.05) is 0 Å². The number of aldehydes is 3. The van der Waals surface area contributed by atoms with Crippen molar-refractivity contribution in [1.29, 1.82) is 0 Å². The highest BCUT2D eigenvalue weighted by atomic mass is 16.1. The average Bonchev–Trinajstić information content (AvgIpc) is 2.18. The van der Waals surface area contributed by atoms with Gasteiger partial charge in [0.25, 0.3) is 0 Å². The van der Waals surface area contributed by atoms with Crippen LogP contribution in [0, 0.1) is 0 Å². The van der Waals surface area contributed by atoms with E-state index in [-0.39, 0.29) is 0 Å². The van der Waals surface area contributed by atoms with E-state index in [1.165, 1.54) is 18.2 Å². The van der Waals surface area contributed by atoms with E-state index in [2.05, 4.69) is 0 Å². The summed E-state index contributed by atoms with van der Waals surface area (Å²) in [6.45, 7) is 11.3. The first-order valence-electron chi connectivity index (χ1n) is 5.57. The van der Waals surface area contributed by atoms with Gasteiger partial charge in [0.1, 0.15) is 18.9 Å². The van der Waals surface area contributed by atoms with Crippen LogP contribution in [0.25, 0.3) is 0 Å². The third kappa shape index (κ3) is 47.6. The van der Waals surface area contributed by atoms with Crippen LogP contribution >= 0.6 is 0 Å². The fourth-order valence-electron chi connectivity index (χ4n) is 0.408. The molecule has 0 saturated carbocycles. The molecule has 0 amide bonds. The first kappa shape index (κ1) is 21.5. The van der Waals surface area contributed by atoms with Crippen molar-refractivity contribution in [2.24, 2.45) is 0 Å². The van der Waals surface area contributed by atoms with Gasteiger partial charge in [0.2, 0.25) is 0 Å². The summed E-state index contributed by atoms with van der Waals surface area (Å²) in [5.74, 6) is 0. The Kier molecular flexibility index (Phi) is 21.1. The van der Waals surface area contributed by atoms with Gasteiger partial charge in [-0.05, 0) is 59.8 Å². The van der Waals surface area contributed by atoms with Gasteiger partial charge in [0.05, 0.1) is 0 Å². The maximum absolute atomic E-state index is 9.54. The van der Waals surface area contributed by atoms with Crippen molar-refractivity contribution in [3.8, 4) is 0 Å². The lowest BCUT2D eigenvalue weighted by molar-refractivity contribution is -0.104. The molecule has 0 atom stereocenters. The molecule has 0 unspecified atom stereocenters. The third-order valence-electron chi connectivity index (χ3n) is 1.20. The van der Waals surface area contributed by atoms with Gasteiger partial charge < -0.3 is 0 Å². The smallest absolute Gasteiger partial charge is 0.142 e. The lowest BCUT2D eigenvalue weighted by Crippen LogP contribution is -1.62. The van der Waals surface area contributed by atoms with Crippen molar-refractivity contribution in [1.82, 2.24) is 0 Å². The largest absolute Gasteiger partial charge is 0.299 e. The lowest BCUT2D eigenvalue weighted by Gasteiger charge is -1.73. The van der Waals surface area contributed by atoms with Crippen LogP contribution < -0.4 is 0 Å². The summed E-state index contributed by atoms with van der Waals surface area (Å²) < 4.78 is 0. The Morgan fingerprint density at radius 1 is 0.500 bits per heavy atom. The third-order valence-corrected chi connectivity index (χ3v) is 1.20. The summed E-state index contributed by atoms with van der Waals surface area (Å²) in [6, 6.07) is 0. The molecule has 0 radical (unpaired) electrons. The molecule has 0 spiro atoms. The molecule has 0 saturated heterocycles. The van der Waals surface area contributed by atoms with Gasteiger partial charge in [0.15, 0.2) is 0 Å². The number of hydrogen-bond donors (Lipinski definition) is 0. The first-order chi connectivity index (χ1) is 8.31. The van der Waals surface area contributed by atoms with Crippen LogP contribution in [0.3, 0.4) is 0 Å². The van der Waals surface area contributed by atoms with Crippen LogP contribution in [0.4, 0.5) is 0 Å². The van der Waals surface area contributed by atoms with E-state index in [4.69, 9.17) is 0 Å². The first-order valence-corrected chi connectivity index (χ1v) is 5.57. The van der Waals surface area contributed by atoms with Gasteiger partial charge >= 0.3 is 0 Å². The topological polar surface area (TPSA) is 51.2 Å². The highest BCUT2D eigenvalue weighted by Gasteiger charge is 1.67. The van der Waals surface area contributed by atoms with Gasteiger partial charge in [0, 0.05) is 0 Å². The highest BCUT2D eigenvalue weighted by Crippen LogP contribution is 1.82. The summed E-state index contributed by atoms with van der Waals surface area (Å²) in [5, 5.41) is 0. The summed E-state index contributed by atoms with van der Waals surface area (Å²) in [4.78, 5) is 28.6. The molecule has 0 fully saturated rings. The van der Waals surface area contributed by atoms with E-state index in [0.29, 0.717) is 0 Å². The molecule has 0 aromatic heterocycles. The van der Waals surface area contributed by atoms with Crippen LogP contribution in [0.15, 0.2) is 34.9 Å². The van der Waals surface area contributed by atoms with Crippen LogP contribution in [0.2, 0.25) is 0 Å². The number of carbonyl (C=O) groups excluding carboxylic acids is 3. The van der Waals surface area contributed by atoms with Crippen molar-refractivity contribution in [2.45, 2.75) is 41.5 Å². The summed E-state index contributed by atoms with van der Waals surface area (Å²) >= 11 is 0. The van der Waals surface area contributed by atoms with Crippen LogP contribution in [-0.2, 0) is 14.4 Å². The number of carbonyl (C=O) groups is 3. The second-order valence-electron chi connectivity index (χ2n) is 4.14. The van der Waals surface area contributed by atoms with Crippen LogP contribution in [0.5, 0.6) is 0 Å². The number of allylic oxidation sites excluding steroid dienone is 6. The quantitative estimate of drug-likeness (QED) is 0.571. The zero-order valence-corrected chi connectivity index (χ0v) is 12.2. The Bertz CT molecular complexity index is 256. The summed E-state index contributed by atoms with van der Waals surface area (Å²) in [5.41, 5.74) is 3.14. The van der Waals surface area contributed by atoms with Crippen molar-refractivity contribution >= 4 is 18.9 Å². The highest BCUT2D eigenvalue weighted by molar-refractivity contribution is 5.66. The van der Waals surface area contributed by atoms with Crippen LogP contribution in [-0.4, -0.2) is 18.9 Å². The van der Waals surface area contributed by atoms with Gasteiger partial charge in [-0.2, -0.15) is 0 Å². The SMILES string of the molecule is CC(C)=CC=O.CC(C)=CC=O.CC(C)=CC=O. The van der Waals surface area contributed by atoms with E-state index in [1.807, 2.05) is 41.5 Å². The zero-order chi connectivity index (χ0) is 15.0. The molecule has 0 aliphatic rings. The van der Waals surface area contributed by atoms with Crippen molar-refractivity contribution < 1.29 is 14.4 Å². The minimum atomic E-state index is 0.787. The Hall–Kier alpha value is -1.77. The molecule has 0 aromatic rings. The van der Waals surface area contributed by atoms with E-state index < -0.39 is 0 Å². The van der Waals surface area contributed by atoms with E-state index in [1.54, 1.807) is 0 Å². The summed E-state index contributed by atoms with van der Waals surface area (Å²) in [6.07, 6.45) is 6.94. The minimum absolute atomic E-state index is 0.787. The second kappa shape index (κ2) is 17.6. The molecule has 0 aliphatic heterocycles. The molecular weight excluding hydrogens is 228 g/mol. The van der Waals surface area contributed by atoms with Crippen molar-refractivity contribution in [3.63, 3.8) is 0 Å². The fraction of sp³-hybridized carbons (Fsp3) is 0.400. The molecule has 0 N–H and O–H groups in total. The maximum atomic E-state index is 9.54. The molecule has 102 valence electrons. The van der Waals surface area contributed by atoms with Crippen LogP contribution in [0.1, 0.15) is 41.5 Å². The summed E-state index contributed by atoms with van der Waals surface area (Å²) in [7, 11) is 0. The van der Waals surface area contributed by atoms with Crippen molar-refractivity contribution in [3.05, 3.63) is 34.9 Å². The molecule has 3 heteroatoms. The van der Waals surface area contributed by atoms with E-state index in [9.17, 15) is 14.4 Å². The molecule has 0 aliphatic carbocycles. The Morgan fingerprint density at radius 2 is 0.667 bits per heavy atom. The average molecular weight is 252 g/mol. The maximum Gasteiger partial charge on any atom is 0.142 e. The van der Waals surface area contributed by atoms with Gasteiger partial charge in [-0.3, -0.25) is 14.4 Å². The lowest BCUT2D eigenvalue weighted by atomic mass is 10.3. The Balaban J connectivity index is -0.000000187. The number of rotatable bonds is 3. The monoisotopic (exact) mass is 252 g/mol. The molecule has 3 nitrogen and oxygen atoms in total. The molecule has 0 rings (SSSR count).